The molecule has 0 aliphatic carbocycles. The first kappa shape index (κ1) is 15.8. The lowest BCUT2D eigenvalue weighted by Crippen LogP contribution is -2.43. The number of aliphatic hydroxyl groups is 2. The van der Waals surface area contributed by atoms with Gasteiger partial charge in [0.1, 0.15) is 19.0 Å². The van der Waals surface area contributed by atoms with E-state index in [-0.39, 0.29) is 12.7 Å². The second kappa shape index (κ2) is 8.04. The number of hydrogen-bond donors (Lipinski definition) is 2. The van der Waals surface area contributed by atoms with E-state index in [1.54, 1.807) is 0 Å². The van der Waals surface area contributed by atoms with Crippen molar-refractivity contribution in [3.8, 4) is 17.6 Å². The highest BCUT2D eigenvalue weighted by Gasteiger charge is 2.23. The van der Waals surface area contributed by atoms with Crippen molar-refractivity contribution in [1.29, 1.82) is 0 Å². The normalized spacial score (nSPS) is 22.4. The SMILES string of the molecule is CC1CN(CCOc2cccc(C#CCO)c2)CCC1O. The Bertz CT molecular complexity index is 506. The Kier molecular flexibility index (Phi) is 6.06. The maximum Gasteiger partial charge on any atom is 0.120 e. The van der Waals surface area contributed by atoms with Gasteiger partial charge >= 0.3 is 0 Å². The van der Waals surface area contributed by atoms with Crippen LogP contribution >= 0.6 is 0 Å². The quantitative estimate of drug-likeness (QED) is 0.816. The summed E-state index contributed by atoms with van der Waals surface area (Å²) in [5.74, 6) is 6.62. The number of piperidine rings is 1. The smallest absolute Gasteiger partial charge is 0.120 e. The molecule has 0 bridgehead atoms. The summed E-state index contributed by atoms with van der Waals surface area (Å²) in [5.41, 5.74) is 0.844. The lowest BCUT2D eigenvalue weighted by Gasteiger charge is -2.34. The van der Waals surface area contributed by atoms with Crippen LogP contribution in [0.3, 0.4) is 0 Å². The standard InChI is InChI=1S/C17H23NO3/c1-14-13-18(8-7-17(14)20)9-11-21-16-6-2-4-15(12-16)5-3-10-19/h2,4,6,12,14,17,19-20H,7-11,13H2,1H3. The summed E-state index contributed by atoms with van der Waals surface area (Å²) >= 11 is 0. The topological polar surface area (TPSA) is 52.9 Å². The van der Waals surface area contributed by atoms with E-state index in [1.165, 1.54) is 0 Å². The van der Waals surface area contributed by atoms with Crippen molar-refractivity contribution in [2.75, 3.05) is 32.8 Å². The molecule has 1 saturated heterocycles. The molecule has 0 aromatic heterocycles. The van der Waals surface area contributed by atoms with Crippen LogP contribution in [-0.4, -0.2) is 54.1 Å². The van der Waals surface area contributed by atoms with Gasteiger partial charge in [-0.05, 0) is 30.5 Å². The lowest BCUT2D eigenvalue weighted by atomic mass is 9.97. The van der Waals surface area contributed by atoms with Gasteiger partial charge in [0.15, 0.2) is 0 Å². The molecule has 1 aliphatic heterocycles. The van der Waals surface area contributed by atoms with Crippen LogP contribution in [0.15, 0.2) is 24.3 Å². The Morgan fingerprint density at radius 2 is 2.29 bits per heavy atom. The van der Waals surface area contributed by atoms with E-state index in [2.05, 4.69) is 23.7 Å². The highest BCUT2D eigenvalue weighted by Crippen LogP contribution is 2.17. The van der Waals surface area contributed by atoms with E-state index >= 15 is 0 Å². The highest BCUT2D eigenvalue weighted by atomic mass is 16.5. The van der Waals surface area contributed by atoms with Crippen LogP contribution < -0.4 is 4.74 Å². The maximum atomic E-state index is 9.71. The van der Waals surface area contributed by atoms with Crippen LogP contribution in [0, 0.1) is 17.8 Å². The molecule has 1 aromatic rings. The maximum absolute atomic E-state index is 9.71. The van der Waals surface area contributed by atoms with E-state index < -0.39 is 0 Å². The molecule has 1 heterocycles. The Morgan fingerprint density at radius 1 is 1.43 bits per heavy atom. The zero-order valence-electron chi connectivity index (χ0n) is 12.5. The van der Waals surface area contributed by atoms with Crippen molar-refractivity contribution in [3.05, 3.63) is 29.8 Å². The van der Waals surface area contributed by atoms with Gasteiger partial charge in [0, 0.05) is 25.2 Å². The molecular formula is C17H23NO3. The molecule has 2 unspecified atom stereocenters. The predicted octanol–water partition coefficient (Wildman–Crippen LogP) is 1.11. The molecule has 114 valence electrons. The molecule has 4 nitrogen and oxygen atoms in total. The number of likely N-dealkylation sites (tertiary alicyclic amines) is 1. The van der Waals surface area contributed by atoms with Crippen LogP contribution in [-0.2, 0) is 0 Å². The first-order valence-corrected chi connectivity index (χ1v) is 7.42. The van der Waals surface area contributed by atoms with Gasteiger partial charge in [0.2, 0.25) is 0 Å². The largest absolute Gasteiger partial charge is 0.492 e. The van der Waals surface area contributed by atoms with Crippen molar-refractivity contribution in [2.24, 2.45) is 5.92 Å². The molecule has 1 aromatic carbocycles. The van der Waals surface area contributed by atoms with Crippen molar-refractivity contribution >= 4 is 0 Å². The van der Waals surface area contributed by atoms with Gasteiger partial charge in [0.05, 0.1) is 6.10 Å². The van der Waals surface area contributed by atoms with E-state index in [4.69, 9.17) is 9.84 Å². The van der Waals surface area contributed by atoms with Crippen LogP contribution in [0.1, 0.15) is 18.9 Å². The minimum Gasteiger partial charge on any atom is -0.492 e. The number of aliphatic hydroxyl groups excluding tert-OH is 2. The fraction of sp³-hybridized carbons (Fsp3) is 0.529. The van der Waals surface area contributed by atoms with Crippen LogP contribution in [0.4, 0.5) is 0 Å². The second-order valence-corrected chi connectivity index (χ2v) is 5.47. The molecule has 2 rings (SSSR count). The predicted molar refractivity (Wildman–Crippen MR) is 82.1 cm³/mol. The summed E-state index contributed by atoms with van der Waals surface area (Å²) in [6, 6.07) is 7.58. The number of rotatable bonds is 4. The third-order valence-corrected chi connectivity index (χ3v) is 3.77. The van der Waals surface area contributed by atoms with Crippen LogP contribution in [0.2, 0.25) is 0 Å². The Balaban J connectivity index is 1.78. The summed E-state index contributed by atoms with van der Waals surface area (Å²) < 4.78 is 5.76. The van der Waals surface area contributed by atoms with E-state index in [9.17, 15) is 5.11 Å². The lowest BCUT2D eigenvalue weighted by molar-refractivity contribution is 0.0304. The molecule has 2 atom stereocenters. The molecule has 2 N–H and O–H groups in total. The molecule has 4 heteroatoms. The van der Waals surface area contributed by atoms with Gasteiger partial charge in [-0.15, -0.1) is 0 Å². The van der Waals surface area contributed by atoms with E-state index in [0.29, 0.717) is 12.5 Å². The minimum atomic E-state index is -0.163. The summed E-state index contributed by atoms with van der Waals surface area (Å²) in [4.78, 5) is 2.33. The molecule has 0 saturated carbocycles. The molecular weight excluding hydrogens is 266 g/mol. The fourth-order valence-corrected chi connectivity index (χ4v) is 2.52. The summed E-state index contributed by atoms with van der Waals surface area (Å²) in [6.07, 6.45) is 0.678. The third-order valence-electron chi connectivity index (χ3n) is 3.77. The van der Waals surface area contributed by atoms with Gasteiger partial charge < -0.3 is 14.9 Å². The first-order chi connectivity index (χ1) is 10.2. The molecule has 1 fully saturated rings. The highest BCUT2D eigenvalue weighted by molar-refractivity contribution is 5.39. The van der Waals surface area contributed by atoms with Crippen LogP contribution in [0.25, 0.3) is 0 Å². The van der Waals surface area contributed by atoms with Crippen molar-refractivity contribution in [2.45, 2.75) is 19.4 Å². The van der Waals surface area contributed by atoms with Crippen molar-refractivity contribution < 1.29 is 14.9 Å². The number of ether oxygens (including phenoxy) is 1. The Morgan fingerprint density at radius 3 is 3.05 bits per heavy atom. The third kappa shape index (κ3) is 5.05. The van der Waals surface area contributed by atoms with E-state index in [1.807, 2.05) is 24.3 Å². The second-order valence-electron chi connectivity index (χ2n) is 5.47. The number of hydrogen-bond acceptors (Lipinski definition) is 4. The Hall–Kier alpha value is -1.54. The minimum absolute atomic E-state index is 0.135. The van der Waals surface area contributed by atoms with E-state index in [0.717, 1.165) is 37.4 Å². The average Bonchev–Trinajstić information content (AvgIpc) is 2.49. The van der Waals surface area contributed by atoms with Gasteiger partial charge in [-0.3, -0.25) is 4.90 Å². The van der Waals surface area contributed by atoms with Crippen molar-refractivity contribution in [3.63, 3.8) is 0 Å². The average molecular weight is 289 g/mol. The summed E-state index contributed by atoms with van der Waals surface area (Å²) in [5, 5.41) is 18.4. The van der Waals surface area contributed by atoms with Gasteiger partial charge in [-0.25, -0.2) is 0 Å². The van der Waals surface area contributed by atoms with Gasteiger partial charge in [-0.2, -0.15) is 0 Å². The zero-order valence-corrected chi connectivity index (χ0v) is 12.5. The molecule has 21 heavy (non-hydrogen) atoms. The molecule has 1 aliphatic rings. The molecule has 0 amide bonds. The number of benzene rings is 1. The first-order valence-electron chi connectivity index (χ1n) is 7.42. The summed E-state index contributed by atoms with van der Waals surface area (Å²) in [6.45, 7) is 5.29. The molecule has 0 spiro atoms. The van der Waals surface area contributed by atoms with Gasteiger partial charge in [0.25, 0.3) is 0 Å². The van der Waals surface area contributed by atoms with Gasteiger partial charge in [-0.1, -0.05) is 24.8 Å². The molecule has 0 radical (unpaired) electrons. The zero-order chi connectivity index (χ0) is 15.1. The monoisotopic (exact) mass is 289 g/mol. The Labute approximate surface area is 126 Å². The fourth-order valence-electron chi connectivity index (χ4n) is 2.52. The van der Waals surface area contributed by atoms with Crippen molar-refractivity contribution in [1.82, 2.24) is 4.90 Å². The summed E-state index contributed by atoms with van der Waals surface area (Å²) in [7, 11) is 0. The van der Waals surface area contributed by atoms with Crippen LogP contribution in [0.5, 0.6) is 5.75 Å². The number of nitrogens with zero attached hydrogens (tertiary/aromatic N) is 1.